The lowest BCUT2D eigenvalue weighted by Crippen LogP contribution is -2.39. The maximum Gasteiger partial charge on any atom is 0.246 e. The van der Waals surface area contributed by atoms with Crippen molar-refractivity contribution in [2.24, 2.45) is 5.92 Å². The van der Waals surface area contributed by atoms with E-state index in [1.54, 1.807) is 0 Å². The number of carbonyl (C=O) groups excluding carboxylic acids is 1. The minimum atomic E-state index is -0.0880. The maximum atomic E-state index is 11.4. The van der Waals surface area contributed by atoms with Crippen molar-refractivity contribution in [2.45, 2.75) is 46.3 Å². The van der Waals surface area contributed by atoms with Gasteiger partial charge in [-0.1, -0.05) is 13.8 Å². The molecule has 0 aromatic rings. The number of amides is 1. The Morgan fingerprint density at radius 3 is 2.33 bits per heavy atom. The highest BCUT2D eigenvalue weighted by Gasteiger charge is 2.13. The highest BCUT2D eigenvalue weighted by atomic mass is 35.5. The first-order chi connectivity index (χ1) is 6.95. The van der Waals surface area contributed by atoms with Crippen LogP contribution in [0.25, 0.3) is 0 Å². The van der Waals surface area contributed by atoms with E-state index in [2.05, 4.69) is 19.2 Å². The second kappa shape index (κ2) is 7.94. The molecule has 0 bridgehead atoms. The third kappa shape index (κ3) is 8.70. The van der Waals surface area contributed by atoms with Gasteiger partial charge in [0, 0.05) is 11.9 Å². The molecule has 15 heavy (non-hydrogen) atoms. The lowest BCUT2D eigenvalue weighted by atomic mass is 10.1. The number of halogens is 1. The second-order valence-corrected chi connectivity index (χ2v) is 4.72. The Hall–Kier alpha value is -0.280. The fourth-order valence-corrected chi connectivity index (χ4v) is 1.44. The van der Waals surface area contributed by atoms with Gasteiger partial charge in [0.1, 0.15) is 6.61 Å². The highest BCUT2D eigenvalue weighted by Crippen LogP contribution is 2.06. The quantitative estimate of drug-likeness (QED) is 0.687. The number of alkyl halides is 1. The van der Waals surface area contributed by atoms with Crippen LogP contribution in [0.5, 0.6) is 0 Å². The molecule has 0 heterocycles. The largest absolute Gasteiger partial charge is 0.369 e. The van der Waals surface area contributed by atoms with Gasteiger partial charge in [0.25, 0.3) is 0 Å². The van der Waals surface area contributed by atoms with Crippen LogP contribution in [-0.2, 0) is 9.53 Å². The average Bonchev–Trinajstić information content (AvgIpc) is 2.13. The van der Waals surface area contributed by atoms with Gasteiger partial charge in [-0.3, -0.25) is 4.79 Å². The topological polar surface area (TPSA) is 38.3 Å². The van der Waals surface area contributed by atoms with Gasteiger partial charge in [0.2, 0.25) is 5.91 Å². The molecule has 0 aliphatic rings. The molecule has 0 radical (unpaired) electrons. The number of ether oxygens (including phenoxy) is 1. The maximum absolute atomic E-state index is 11.4. The predicted octanol–water partition coefficient (Wildman–Crippen LogP) is 2.18. The zero-order valence-electron chi connectivity index (χ0n) is 10.0. The monoisotopic (exact) mass is 235 g/mol. The normalized spacial score (nSPS) is 13.3. The average molecular weight is 236 g/mol. The first-order valence-corrected chi connectivity index (χ1v) is 5.96. The summed E-state index contributed by atoms with van der Waals surface area (Å²) < 4.78 is 5.20. The summed E-state index contributed by atoms with van der Waals surface area (Å²) in [6, 6.07) is 0.0509. The molecule has 0 rings (SSSR count). The molecule has 0 aliphatic carbocycles. The van der Waals surface area contributed by atoms with Gasteiger partial charge in [0.05, 0.1) is 6.10 Å². The van der Waals surface area contributed by atoms with Crippen LogP contribution in [0.4, 0.5) is 0 Å². The van der Waals surface area contributed by atoms with Gasteiger partial charge >= 0.3 is 0 Å². The molecule has 1 N–H and O–H groups in total. The minimum Gasteiger partial charge on any atom is -0.369 e. The summed E-state index contributed by atoms with van der Waals surface area (Å²) in [7, 11) is 0. The molecule has 0 saturated carbocycles. The summed E-state index contributed by atoms with van der Waals surface area (Å²) in [5.41, 5.74) is 0. The minimum absolute atomic E-state index is 0.0509. The summed E-state index contributed by atoms with van der Waals surface area (Å²) >= 11 is 5.76. The first-order valence-electron chi connectivity index (χ1n) is 5.42. The standard InChI is InChI=1S/C11H22ClNO2/c1-8(2)5-10(6-12)13-11(14)7-15-9(3)4/h8-10H,5-7H2,1-4H3,(H,13,14). The Morgan fingerprint density at radius 2 is 1.93 bits per heavy atom. The zero-order valence-corrected chi connectivity index (χ0v) is 10.8. The Labute approximate surface area is 97.5 Å². The van der Waals surface area contributed by atoms with Gasteiger partial charge in [-0.2, -0.15) is 0 Å². The number of nitrogens with one attached hydrogen (secondary N) is 1. The van der Waals surface area contributed by atoms with Crippen LogP contribution < -0.4 is 5.32 Å². The lowest BCUT2D eigenvalue weighted by Gasteiger charge is -2.18. The van der Waals surface area contributed by atoms with Crippen molar-refractivity contribution in [1.82, 2.24) is 5.32 Å². The van der Waals surface area contributed by atoms with E-state index in [1.165, 1.54) is 0 Å². The van der Waals surface area contributed by atoms with E-state index in [-0.39, 0.29) is 24.7 Å². The van der Waals surface area contributed by atoms with Crippen molar-refractivity contribution in [3.63, 3.8) is 0 Å². The molecule has 1 atom stereocenters. The molecule has 0 fully saturated rings. The summed E-state index contributed by atoms with van der Waals surface area (Å²) in [6.07, 6.45) is 0.979. The van der Waals surface area contributed by atoms with E-state index in [1.807, 2.05) is 13.8 Å². The highest BCUT2D eigenvalue weighted by molar-refractivity contribution is 6.18. The van der Waals surface area contributed by atoms with E-state index >= 15 is 0 Å². The van der Waals surface area contributed by atoms with Crippen molar-refractivity contribution in [2.75, 3.05) is 12.5 Å². The van der Waals surface area contributed by atoms with Crippen molar-refractivity contribution >= 4 is 17.5 Å². The Kier molecular flexibility index (Phi) is 7.79. The van der Waals surface area contributed by atoms with E-state index in [4.69, 9.17) is 16.3 Å². The van der Waals surface area contributed by atoms with Crippen molar-refractivity contribution in [3.05, 3.63) is 0 Å². The van der Waals surface area contributed by atoms with E-state index < -0.39 is 0 Å². The van der Waals surface area contributed by atoms with E-state index in [9.17, 15) is 4.79 Å². The van der Waals surface area contributed by atoms with E-state index in [0.29, 0.717) is 11.8 Å². The summed E-state index contributed by atoms with van der Waals surface area (Å²) in [5, 5.41) is 2.86. The molecule has 0 spiro atoms. The number of hydrogen-bond acceptors (Lipinski definition) is 2. The predicted molar refractivity (Wildman–Crippen MR) is 63.2 cm³/mol. The van der Waals surface area contributed by atoms with Gasteiger partial charge < -0.3 is 10.1 Å². The molecule has 4 heteroatoms. The molecular formula is C11H22ClNO2. The second-order valence-electron chi connectivity index (χ2n) is 4.41. The molecule has 0 saturated heterocycles. The summed E-state index contributed by atoms with van der Waals surface area (Å²) in [4.78, 5) is 11.4. The number of rotatable bonds is 7. The number of carbonyl (C=O) groups is 1. The summed E-state index contributed by atoms with van der Waals surface area (Å²) in [5.74, 6) is 0.890. The van der Waals surface area contributed by atoms with Gasteiger partial charge in [-0.15, -0.1) is 11.6 Å². The van der Waals surface area contributed by atoms with Gasteiger partial charge in [-0.05, 0) is 26.2 Å². The van der Waals surface area contributed by atoms with Crippen LogP contribution in [-0.4, -0.2) is 30.5 Å². The Bertz CT molecular complexity index is 183. The number of hydrogen-bond donors (Lipinski definition) is 1. The van der Waals surface area contributed by atoms with Crippen molar-refractivity contribution in [3.8, 4) is 0 Å². The SMILES string of the molecule is CC(C)CC(CCl)NC(=O)COC(C)C. The molecule has 1 unspecified atom stereocenters. The van der Waals surface area contributed by atoms with Crippen molar-refractivity contribution < 1.29 is 9.53 Å². The first kappa shape index (κ1) is 14.7. The van der Waals surface area contributed by atoms with Crippen LogP contribution in [0.3, 0.4) is 0 Å². The lowest BCUT2D eigenvalue weighted by molar-refractivity contribution is -0.127. The van der Waals surface area contributed by atoms with Crippen LogP contribution in [0.1, 0.15) is 34.1 Å². The van der Waals surface area contributed by atoms with Crippen LogP contribution in [0.15, 0.2) is 0 Å². The van der Waals surface area contributed by atoms with Gasteiger partial charge in [0.15, 0.2) is 0 Å². The van der Waals surface area contributed by atoms with Crippen LogP contribution in [0, 0.1) is 5.92 Å². The molecule has 0 aromatic carbocycles. The van der Waals surface area contributed by atoms with E-state index in [0.717, 1.165) is 6.42 Å². The fourth-order valence-electron chi connectivity index (χ4n) is 1.24. The zero-order chi connectivity index (χ0) is 11.8. The third-order valence-electron chi connectivity index (χ3n) is 1.86. The Balaban J connectivity index is 3.80. The Morgan fingerprint density at radius 1 is 1.33 bits per heavy atom. The molecule has 90 valence electrons. The molecule has 0 aromatic heterocycles. The fraction of sp³-hybridized carbons (Fsp3) is 0.909. The van der Waals surface area contributed by atoms with Gasteiger partial charge in [-0.25, -0.2) is 0 Å². The van der Waals surface area contributed by atoms with Crippen LogP contribution in [0.2, 0.25) is 0 Å². The molecule has 3 nitrogen and oxygen atoms in total. The molecular weight excluding hydrogens is 214 g/mol. The smallest absolute Gasteiger partial charge is 0.246 e. The third-order valence-corrected chi connectivity index (χ3v) is 2.23. The van der Waals surface area contributed by atoms with Crippen LogP contribution >= 0.6 is 11.6 Å². The molecule has 1 amide bonds. The van der Waals surface area contributed by atoms with Crippen molar-refractivity contribution in [1.29, 1.82) is 0 Å². The summed E-state index contributed by atoms with van der Waals surface area (Å²) in [6.45, 7) is 8.14. The molecule has 0 aliphatic heterocycles.